The normalized spacial score (nSPS) is 11.4. The molecule has 0 aliphatic rings. The first-order chi connectivity index (χ1) is 9.30. The van der Waals surface area contributed by atoms with Crippen molar-refractivity contribution in [2.45, 2.75) is 26.2 Å². The van der Waals surface area contributed by atoms with Crippen LogP contribution in [-0.2, 0) is 5.41 Å². The van der Waals surface area contributed by atoms with E-state index in [-0.39, 0.29) is 10.4 Å². The fourth-order valence-corrected chi connectivity index (χ4v) is 2.09. The summed E-state index contributed by atoms with van der Waals surface area (Å²) in [7, 11) is 1.88. The lowest BCUT2D eigenvalue weighted by molar-refractivity contribution is 0.378. The molecule has 1 heterocycles. The lowest BCUT2D eigenvalue weighted by atomic mass is 9.92. The number of hydrogen-bond acceptors (Lipinski definition) is 3. The van der Waals surface area contributed by atoms with Crippen molar-refractivity contribution in [3.63, 3.8) is 0 Å². The summed E-state index contributed by atoms with van der Waals surface area (Å²) in [6.45, 7) is 5.97. The van der Waals surface area contributed by atoms with Crippen LogP contribution in [0.5, 0.6) is 0 Å². The van der Waals surface area contributed by atoms with Gasteiger partial charge in [-0.1, -0.05) is 50.6 Å². The number of para-hydroxylation sites is 1. The number of anilines is 2. The van der Waals surface area contributed by atoms with Crippen LogP contribution in [0.15, 0.2) is 45.6 Å². The van der Waals surface area contributed by atoms with E-state index >= 15 is 0 Å². The van der Waals surface area contributed by atoms with E-state index in [0.717, 1.165) is 5.69 Å². The van der Waals surface area contributed by atoms with Crippen LogP contribution < -0.4 is 10.5 Å². The van der Waals surface area contributed by atoms with E-state index in [1.165, 1.54) is 0 Å². The Morgan fingerprint density at radius 1 is 1.15 bits per heavy atom. The molecular formula is C16H18ClNO2. The fourth-order valence-electron chi connectivity index (χ4n) is 1.87. The number of halogens is 1. The van der Waals surface area contributed by atoms with Crippen LogP contribution in [0.1, 0.15) is 26.5 Å². The van der Waals surface area contributed by atoms with Crippen molar-refractivity contribution in [1.82, 2.24) is 0 Å². The van der Waals surface area contributed by atoms with E-state index in [2.05, 4.69) is 0 Å². The van der Waals surface area contributed by atoms with Gasteiger partial charge in [-0.15, -0.1) is 0 Å². The quantitative estimate of drug-likeness (QED) is 0.824. The third-order valence-corrected chi connectivity index (χ3v) is 3.47. The van der Waals surface area contributed by atoms with Gasteiger partial charge in [-0.2, -0.15) is 0 Å². The zero-order chi connectivity index (χ0) is 14.9. The third kappa shape index (κ3) is 2.88. The van der Waals surface area contributed by atoms with E-state index in [4.69, 9.17) is 16.0 Å². The molecular weight excluding hydrogens is 274 g/mol. The third-order valence-electron chi connectivity index (χ3n) is 3.12. The number of rotatable bonds is 2. The number of hydrogen-bond donors (Lipinski definition) is 0. The van der Waals surface area contributed by atoms with Gasteiger partial charge in [0.15, 0.2) is 0 Å². The second-order valence-corrected chi connectivity index (χ2v) is 6.12. The van der Waals surface area contributed by atoms with Gasteiger partial charge in [0.25, 0.3) is 0 Å². The van der Waals surface area contributed by atoms with Crippen LogP contribution in [0.4, 0.5) is 11.4 Å². The highest BCUT2D eigenvalue weighted by atomic mass is 35.5. The number of benzene rings is 1. The molecule has 3 nitrogen and oxygen atoms in total. The Morgan fingerprint density at radius 3 is 2.30 bits per heavy atom. The Morgan fingerprint density at radius 2 is 1.75 bits per heavy atom. The molecule has 1 aromatic heterocycles. The van der Waals surface area contributed by atoms with Crippen molar-refractivity contribution in [2.24, 2.45) is 0 Å². The summed E-state index contributed by atoms with van der Waals surface area (Å²) in [4.78, 5) is 13.8. The van der Waals surface area contributed by atoms with Crippen LogP contribution in [0.25, 0.3) is 0 Å². The van der Waals surface area contributed by atoms with Gasteiger partial charge in [0.1, 0.15) is 10.8 Å². The molecule has 0 atom stereocenters. The maximum atomic E-state index is 11.9. The van der Waals surface area contributed by atoms with Crippen molar-refractivity contribution in [1.29, 1.82) is 0 Å². The van der Waals surface area contributed by atoms with Crippen molar-refractivity contribution in [3.05, 3.63) is 57.6 Å². The van der Waals surface area contributed by atoms with Crippen LogP contribution >= 0.6 is 11.6 Å². The van der Waals surface area contributed by atoms with E-state index in [1.807, 2.05) is 69.1 Å². The van der Waals surface area contributed by atoms with Crippen molar-refractivity contribution < 1.29 is 4.42 Å². The van der Waals surface area contributed by atoms with E-state index in [0.29, 0.717) is 11.4 Å². The van der Waals surface area contributed by atoms with Gasteiger partial charge in [0.05, 0.1) is 5.69 Å². The fraction of sp³-hybridized carbons (Fsp3) is 0.312. The Labute approximate surface area is 123 Å². The Balaban J connectivity index is 2.57. The Bertz CT molecular complexity index is 656. The SMILES string of the molecule is CN(c1ccccc1)c1cc(C(C)(C)C)oc(=O)c1Cl. The second kappa shape index (κ2) is 5.33. The van der Waals surface area contributed by atoms with Gasteiger partial charge in [0.2, 0.25) is 0 Å². The zero-order valence-corrected chi connectivity index (χ0v) is 12.9. The predicted octanol–water partition coefficient (Wildman–Crippen LogP) is 4.36. The average molecular weight is 292 g/mol. The standard InChI is InChI=1S/C16H18ClNO2/c1-16(2,3)13-10-12(14(17)15(19)20-13)18(4)11-8-6-5-7-9-11/h5-10H,1-4H3. The minimum atomic E-state index is -0.503. The first-order valence-corrected chi connectivity index (χ1v) is 6.81. The van der Waals surface area contributed by atoms with Gasteiger partial charge < -0.3 is 9.32 Å². The topological polar surface area (TPSA) is 33.5 Å². The molecule has 2 aromatic rings. The molecule has 0 amide bonds. The molecule has 1 aromatic carbocycles. The highest BCUT2D eigenvalue weighted by Gasteiger charge is 2.22. The molecule has 0 aliphatic carbocycles. The molecule has 0 unspecified atom stereocenters. The maximum Gasteiger partial charge on any atom is 0.357 e. The molecule has 0 bridgehead atoms. The van der Waals surface area contributed by atoms with Gasteiger partial charge >= 0.3 is 5.63 Å². The monoisotopic (exact) mass is 291 g/mol. The average Bonchev–Trinajstić information content (AvgIpc) is 2.40. The van der Waals surface area contributed by atoms with E-state index < -0.39 is 5.63 Å². The van der Waals surface area contributed by atoms with Crippen molar-refractivity contribution in [3.8, 4) is 0 Å². The minimum absolute atomic E-state index is 0.101. The minimum Gasteiger partial charge on any atom is -0.426 e. The lowest BCUT2D eigenvalue weighted by Crippen LogP contribution is -2.19. The zero-order valence-electron chi connectivity index (χ0n) is 12.1. The van der Waals surface area contributed by atoms with Gasteiger partial charge in [-0.25, -0.2) is 4.79 Å². The van der Waals surface area contributed by atoms with E-state index in [1.54, 1.807) is 0 Å². The summed E-state index contributed by atoms with van der Waals surface area (Å²) in [5.41, 5.74) is 0.853. The molecule has 0 aliphatic heterocycles. The van der Waals surface area contributed by atoms with Crippen molar-refractivity contribution >= 4 is 23.0 Å². The molecule has 4 heteroatoms. The first-order valence-electron chi connectivity index (χ1n) is 6.43. The summed E-state index contributed by atoms with van der Waals surface area (Å²) in [6.07, 6.45) is 0. The van der Waals surface area contributed by atoms with Crippen LogP contribution in [0, 0.1) is 0 Å². The molecule has 106 valence electrons. The molecule has 0 fully saturated rings. The predicted molar refractivity (Wildman–Crippen MR) is 83.2 cm³/mol. The molecule has 0 spiro atoms. The Kier molecular flexibility index (Phi) is 3.91. The van der Waals surface area contributed by atoms with Gasteiger partial charge in [-0.3, -0.25) is 0 Å². The van der Waals surface area contributed by atoms with Crippen molar-refractivity contribution in [2.75, 3.05) is 11.9 Å². The second-order valence-electron chi connectivity index (χ2n) is 5.74. The summed E-state index contributed by atoms with van der Waals surface area (Å²) < 4.78 is 5.28. The van der Waals surface area contributed by atoms with Crippen LogP contribution in [0.2, 0.25) is 5.02 Å². The first kappa shape index (κ1) is 14.7. The maximum absolute atomic E-state index is 11.9. The summed E-state index contributed by atoms with van der Waals surface area (Å²) >= 11 is 6.11. The van der Waals surface area contributed by atoms with E-state index in [9.17, 15) is 4.79 Å². The van der Waals surface area contributed by atoms with Crippen LogP contribution in [-0.4, -0.2) is 7.05 Å². The highest BCUT2D eigenvalue weighted by molar-refractivity contribution is 6.33. The molecule has 0 radical (unpaired) electrons. The highest BCUT2D eigenvalue weighted by Crippen LogP contribution is 2.32. The molecule has 20 heavy (non-hydrogen) atoms. The Hall–Kier alpha value is -1.74. The molecule has 0 N–H and O–H groups in total. The van der Waals surface area contributed by atoms with Gasteiger partial charge in [-0.05, 0) is 12.1 Å². The summed E-state index contributed by atoms with van der Waals surface area (Å²) in [5.74, 6) is 0.615. The molecule has 0 saturated heterocycles. The number of nitrogens with zero attached hydrogens (tertiary/aromatic N) is 1. The molecule has 0 saturated carbocycles. The largest absolute Gasteiger partial charge is 0.426 e. The van der Waals surface area contributed by atoms with Gasteiger partial charge in [0, 0.05) is 24.2 Å². The smallest absolute Gasteiger partial charge is 0.357 e. The molecule has 2 rings (SSSR count). The summed E-state index contributed by atoms with van der Waals surface area (Å²) in [5, 5.41) is 0.101. The van der Waals surface area contributed by atoms with Crippen LogP contribution in [0.3, 0.4) is 0 Å². The summed E-state index contributed by atoms with van der Waals surface area (Å²) in [6, 6.07) is 11.6. The lowest BCUT2D eigenvalue weighted by Gasteiger charge is -2.23.